The molecule has 1 nitrogen and oxygen atoms in total. The summed E-state index contributed by atoms with van der Waals surface area (Å²) < 4.78 is 5.79. The van der Waals surface area contributed by atoms with Gasteiger partial charge in [0, 0.05) is 11.4 Å². The highest BCUT2D eigenvalue weighted by molar-refractivity contribution is 9.09. The number of ether oxygens (including phenoxy) is 1. The van der Waals surface area contributed by atoms with Crippen molar-refractivity contribution in [2.24, 2.45) is 5.92 Å². The molecule has 2 saturated carbocycles. The van der Waals surface area contributed by atoms with Crippen LogP contribution in [0.5, 0.6) is 0 Å². The van der Waals surface area contributed by atoms with Crippen molar-refractivity contribution in [2.45, 2.75) is 43.0 Å². The molecule has 2 rings (SSSR count). The third-order valence-corrected chi connectivity index (χ3v) is 3.66. The molecule has 11 heavy (non-hydrogen) atoms. The third-order valence-electron chi connectivity index (χ3n) is 2.61. The van der Waals surface area contributed by atoms with Gasteiger partial charge in [0.05, 0.1) is 6.10 Å². The molecule has 0 heterocycles. The first kappa shape index (κ1) is 8.06. The van der Waals surface area contributed by atoms with Gasteiger partial charge in [-0.2, -0.15) is 0 Å². The van der Waals surface area contributed by atoms with Crippen molar-refractivity contribution in [3.05, 3.63) is 0 Å². The van der Waals surface area contributed by atoms with E-state index >= 15 is 0 Å². The van der Waals surface area contributed by atoms with E-state index in [0.29, 0.717) is 10.9 Å². The Hall–Kier alpha value is 0.440. The van der Waals surface area contributed by atoms with Gasteiger partial charge in [0.1, 0.15) is 0 Å². The molecule has 2 atom stereocenters. The largest absolute Gasteiger partial charge is 0.377 e. The molecular weight excluding hydrogens is 204 g/mol. The van der Waals surface area contributed by atoms with Crippen LogP contribution in [0.1, 0.15) is 32.1 Å². The van der Waals surface area contributed by atoms with Gasteiger partial charge in [-0.3, -0.25) is 0 Å². The molecule has 0 spiro atoms. The van der Waals surface area contributed by atoms with Crippen molar-refractivity contribution in [3.63, 3.8) is 0 Å². The number of hydrogen-bond acceptors (Lipinski definition) is 1. The van der Waals surface area contributed by atoms with E-state index < -0.39 is 0 Å². The fourth-order valence-corrected chi connectivity index (χ4v) is 2.35. The SMILES string of the molecule is BrC1CCCC1OCC1CC1. The molecule has 2 aliphatic carbocycles. The Labute approximate surface area is 76.6 Å². The minimum atomic E-state index is 0.524. The van der Waals surface area contributed by atoms with E-state index in [4.69, 9.17) is 4.74 Å². The zero-order valence-electron chi connectivity index (χ0n) is 6.76. The summed E-state index contributed by atoms with van der Waals surface area (Å²) in [6, 6.07) is 0. The van der Waals surface area contributed by atoms with Crippen LogP contribution in [0.4, 0.5) is 0 Å². The van der Waals surface area contributed by atoms with E-state index in [9.17, 15) is 0 Å². The predicted octanol–water partition coefficient (Wildman–Crippen LogP) is 2.73. The highest BCUT2D eigenvalue weighted by Crippen LogP contribution is 2.33. The molecule has 2 heteroatoms. The lowest BCUT2D eigenvalue weighted by molar-refractivity contribution is 0.0552. The van der Waals surface area contributed by atoms with Gasteiger partial charge in [-0.25, -0.2) is 0 Å². The van der Waals surface area contributed by atoms with Crippen LogP contribution >= 0.6 is 15.9 Å². The van der Waals surface area contributed by atoms with Crippen molar-refractivity contribution in [3.8, 4) is 0 Å². The Balaban J connectivity index is 1.67. The van der Waals surface area contributed by atoms with Crippen molar-refractivity contribution < 1.29 is 4.74 Å². The topological polar surface area (TPSA) is 9.23 Å². The fourth-order valence-electron chi connectivity index (χ4n) is 1.61. The van der Waals surface area contributed by atoms with Crippen LogP contribution in [0.25, 0.3) is 0 Å². The van der Waals surface area contributed by atoms with Crippen molar-refractivity contribution in [2.75, 3.05) is 6.61 Å². The number of alkyl halides is 1. The fraction of sp³-hybridized carbons (Fsp3) is 1.00. The summed E-state index contributed by atoms with van der Waals surface area (Å²) in [6.45, 7) is 1.02. The number of rotatable bonds is 3. The Morgan fingerprint density at radius 1 is 1.18 bits per heavy atom. The molecule has 0 aromatic carbocycles. The molecule has 2 aliphatic rings. The van der Waals surface area contributed by atoms with Crippen LogP contribution < -0.4 is 0 Å². The lowest BCUT2D eigenvalue weighted by Gasteiger charge is -2.14. The summed E-state index contributed by atoms with van der Waals surface area (Å²) in [5, 5.41) is 0. The van der Waals surface area contributed by atoms with Gasteiger partial charge in [-0.15, -0.1) is 0 Å². The molecule has 2 unspecified atom stereocenters. The standard InChI is InChI=1S/C9H15BrO/c10-8-2-1-3-9(8)11-6-7-4-5-7/h7-9H,1-6H2. The number of hydrogen-bond donors (Lipinski definition) is 0. The quantitative estimate of drug-likeness (QED) is 0.663. The monoisotopic (exact) mass is 218 g/mol. The van der Waals surface area contributed by atoms with Crippen LogP contribution in [0.3, 0.4) is 0 Å². The third kappa shape index (κ3) is 2.19. The van der Waals surface area contributed by atoms with Gasteiger partial charge in [0.15, 0.2) is 0 Å². The van der Waals surface area contributed by atoms with Gasteiger partial charge >= 0.3 is 0 Å². The Kier molecular flexibility index (Phi) is 2.52. The minimum Gasteiger partial charge on any atom is -0.377 e. The van der Waals surface area contributed by atoms with Gasteiger partial charge < -0.3 is 4.74 Å². The smallest absolute Gasteiger partial charge is 0.0700 e. The summed E-state index contributed by atoms with van der Waals surface area (Å²) >= 11 is 3.65. The summed E-state index contributed by atoms with van der Waals surface area (Å²) in [5.74, 6) is 0.912. The van der Waals surface area contributed by atoms with Crippen LogP contribution in [0, 0.1) is 5.92 Å². The van der Waals surface area contributed by atoms with Crippen molar-refractivity contribution >= 4 is 15.9 Å². The Bertz CT molecular complexity index is 134. The molecule has 0 radical (unpaired) electrons. The van der Waals surface area contributed by atoms with Crippen molar-refractivity contribution in [1.82, 2.24) is 0 Å². The highest BCUT2D eigenvalue weighted by atomic mass is 79.9. The Morgan fingerprint density at radius 2 is 2.00 bits per heavy atom. The minimum absolute atomic E-state index is 0.524. The lowest BCUT2D eigenvalue weighted by Crippen LogP contribution is -2.18. The van der Waals surface area contributed by atoms with E-state index in [0.717, 1.165) is 12.5 Å². The van der Waals surface area contributed by atoms with Gasteiger partial charge in [-0.1, -0.05) is 15.9 Å². The van der Waals surface area contributed by atoms with Crippen LogP contribution in [-0.2, 0) is 4.74 Å². The molecule has 0 N–H and O–H groups in total. The van der Waals surface area contributed by atoms with E-state index in [1.165, 1.54) is 32.1 Å². The van der Waals surface area contributed by atoms with Gasteiger partial charge in [0.2, 0.25) is 0 Å². The number of halogens is 1. The van der Waals surface area contributed by atoms with E-state index in [1.54, 1.807) is 0 Å². The van der Waals surface area contributed by atoms with Gasteiger partial charge in [0.25, 0.3) is 0 Å². The first-order valence-electron chi connectivity index (χ1n) is 4.62. The van der Waals surface area contributed by atoms with E-state index in [1.807, 2.05) is 0 Å². The normalized spacial score (nSPS) is 37.9. The lowest BCUT2D eigenvalue weighted by atomic mass is 10.3. The van der Waals surface area contributed by atoms with Crippen LogP contribution in [0.15, 0.2) is 0 Å². The highest BCUT2D eigenvalue weighted by Gasteiger charge is 2.28. The summed E-state index contributed by atoms with van der Waals surface area (Å²) in [5.41, 5.74) is 0. The second kappa shape index (κ2) is 3.44. The predicted molar refractivity (Wildman–Crippen MR) is 49.0 cm³/mol. The first-order chi connectivity index (χ1) is 5.36. The van der Waals surface area contributed by atoms with E-state index in [2.05, 4.69) is 15.9 Å². The average Bonchev–Trinajstić information content (AvgIpc) is 2.73. The molecule has 2 fully saturated rings. The molecule has 0 bridgehead atoms. The maximum Gasteiger partial charge on any atom is 0.0700 e. The summed E-state index contributed by atoms with van der Waals surface area (Å²) in [7, 11) is 0. The molecule has 0 amide bonds. The summed E-state index contributed by atoms with van der Waals surface area (Å²) in [4.78, 5) is 0.640. The first-order valence-corrected chi connectivity index (χ1v) is 5.53. The van der Waals surface area contributed by atoms with Gasteiger partial charge in [-0.05, 0) is 38.0 Å². The molecule has 64 valence electrons. The molecule has 0 saturated heterocycles. The average molecular weight is 219 g/mol. The second-order valence-corrected chi connectivity index (χ2v) is 4.94. The van der Waals surface area contributed by atoms with Crippen LogP contribution in [-0.4, -0.2) is 17.5 Å². The molecule has 0 aliphatic heterocycles. The Morgan fingerprint density at radius 3 is 2.55 bits per heavy atom. The zero-order valence-corrected chi connectivity index (χ0v) is 8.35. The van der Waals surface area contributed by atoms with Crippen LogP contribution in [0.2, 0.25) is 0 Å². The molecular formula is C9H15BrO. The second-order valence-electron chi connectivity index (χ2n) is 3.76. The van der Waals surface area contributed by atoms with E-state index in [-0.39, 0.29) is 0 Å². The maximum atomic E-state index is 5.79. The maximum absolute atomic E-state index is 5.79. The summed E-state index contributed by atoms with van der Waals surface area (Å²) in [6.07, 6.45) is 7.23. The zero-order chi connectivity index (χ0) is 7.68. The van der Waals surface area contributed by atoms with Crippen molar-refractivity contribution in [1.29, 1.82) is 0 Å². The molecule has 0 aromatic rings. The molecule has 0 aromatic heterocycles.